The molecule has 0 bridgehead atoms. The highest BCUT2D eigenvalue weighted by molar-refractivity contribution is 5.93. The van der Waals surface area contributed by atoms with Gasteiger partial charge in [0.1, 0.15) is 6.54 Å². The first-order valence-electron chi connectivity index (χ1n) is 8.02. The molecule has 0 unspecified atom stereocenters. The molecule has 0 aliphatic rings. The van der Waals surface area contributed by atoms with Gasteiger partial charge in [0.25, 0.3) is 11.2 Å². The van der Waals surface area contributed by atoms with E-state index in [9.17, 15) is 19.7 Å². The Bertz CT molecular complexity index is 1260. The Kier molecular flexibility index (Phi) is 3.88. The molecular formula is C18H13N5O4. The maximum Gasteiger partial charge on any atom is 0.270 e. The number of nitro groups is 1. The smallest absolute Gasteiger partial charge is 0.270 e. The van der Waals surface area contributed by atoms with Crippen molar-refractivity contribution >= 4 is 39.1 Å². The van der Waals surface area contributed by atoms with E-state index in [2.05, 4.69) is 15.3 Å². The molecule has 27 heavy (non-hydrogen) atoms. The Morgan fingerprint density at radius 1 is 1.22 bits per heavy atom. The highest BCUT2D eigenvalue weighted by atomic mass is 16.6. The highest BCUT2D eigenvalue weighted by Crippen LogP contribution is 2.18. The number of nitrogens with zero attached hydrogens (tertiary/aromatic N) is 3. The van der Waals surface area contributed by atoms with Crippen LogP contribution in [0.1, 0.15) is 0 Å². The fourth-order valence-electron chi connectivity index (χ4n) is 2.85. The zero-order valence-corrected chi connectivity index (χ0v) is 13.9. The molecule has 9 heteroatoms. The van der Waals surface area contributed by atoms with E-state index in [-0.39, 0.29) is 17.6 Å². The number of hydrogen-bond donors (Lipinski definition) is 2. The molecule has 0 aliphatic carbocycles. The van der Waals surface area contributed by atoms with Gasteiger partial charge < -0.3 is 10.3 Å². The molecule has 0 atom stereocenters. The van der Waals surface area contributed by atoms with E-state index in [1.54, 1.807) is 18.3 Å². The summed E-state index contributed by atoms with van der Waals surface area (Å²) in [5.41, 5.74) is 1.08. The topological polar surface area (TPSA) is 123 Å². The Labute approximate surface area is 151 Å². The molecule has 0 fully saturated rings. The molecule has 9 nitrogen and oxygen atoms in total. The first kappa shape index (κ1) is 16.5. The Balaban J connectivity index is 1.60. The molecular weight excluding hydrogens is 350 g/mol. The summed E-state index contributed by atoms with van der Waals surface area (Å²) < 4.78 is 1.12. The fraction of sp³-hybridized carbons (Fsp3) is 0.0556. The number of amides is 1. The number of fused-ring (bicyclic) bond motifs is 2. The average Bonchev–Trinajstić information content (AvgIpc) is 3.11. The molecule has 134 valence electrons. The SMILES string of the molecule is O=C(Cn1cnc2ccc([N+](=O)[O-])cc2c1=O)Nc1ccc2cc[nH]c2c1. The number of anilines is 1. The van der Waals surface area contributed by atoms with Gasteiger partial charge in [-0.3, -0.25) is 24.3 Å². The van der Waals surface area contributed by atoms with Crippen molar-refractivity contribution in [1.82, 2.24) is 14.5 Å². The van der Waals surface area contributed by atoms with Gasteiger partial charge in [0, 0.05) is 29.5 Å². The standard InChI is InChI=1S/C18H13N5O4/c24-17(21-12-2-1-11-5-6-19-16(11)7-12)9-22-10-20-15-4-3-13(23(26)27)8-14(15)18(22)25/h1-8,10,19H,9H2,(H,21,24). The van der Waals surface area contributed by atoms with Gasteiger partial charge >= 0.3 is 0 Å². The molecule has 2 aromatic carbocycles. The minimum atomic E-state index is -0.584. The van der Waals surface area contributed by atoms with Crippen LogP contribution in [0.2, 0.25) is 0 Å². The summed E-state index contributed by atoms with van der Waals surface area (Å²) in [6, 6.07) is 11.2. The van der Waals surface area contributed by atoms with Gasteiger partial charge in [-0.05, 0) is 29.7 Å². The summed E-state index contributed by atoms with van der Waals surface area (Å²) in [6.45, 7) is -0.257. The Morgan fingerprint density at radius 3 is 2.89 bits per heavy atom. The summed E-state index contributed by atoms with van der Waals surface area (Å²) in [5, 5.41) is 14.7. The maximum absolute atomic E-state index is 12.5. The van der Waals surface area contributed by atoms with Crippen LogP contribution in [0.5, 0.6) is 0 Å². The molecule has 0 saturated carbocycles. The molecule has 4 aromatic rings. The van der Waals surface area contributed by atoms with Crippen LogP contribution in [-0.2, 0) is 11.3 Å². The first-order valence-corrected chi connectivity index (χ1v) is 8.02. The minimum absolute atomic E-state index is 0.0901. The van der Waals surface area contributed by atoms with Crippen molar-refractivity contribution in [2.75, 3.05) is 5.32 Å². The number of rotatable bonds is 4. The largest absolute Gasteiger partial charge is 0.361 e. The summed E-state index contributed by atoms with van der Waals surface area (Å²) in [5.74, 6) is -0.408. The minimum Gasteiger partial charge on any atom is -0.361 e. The van der Waals surface area contributed by atoms with E-state index in [0.717, 1.165) is 21.5 Å². The van der Waals surface area contributed by atoms with E-state index in [0.29, 0.717) is 11.2 Å². The molecule has 2 N–H and O–H groups in total. The van der Waals surface area contributed by atoms with E-state index >= 15 is 0 Å². The average molecular weight is 363 g/mol. The lowest BCUT2D eigenvalue weighted by Gasteiger charge is -2.08. The third-order valence-electron chi connectivity index (χ3n) is 4.17. The summed E-state index contributed by atoms with van der Waals surface area (Å²) in [6.07, 6.45) is 3.06. The number of benzene rings is 2. The molecule has 0 saturated heterocycles. The van der Waals surface area contributed by atoms with Crippen LogP contribution in [-0.4, -0.2) is 25.4 Å². The number of hydrogen-bond acceptors (Lipinski definition) is 5. The van der Waals surface area contributed by atoms with Crippen molar-refractivity contribution in [3.63, 3.8) is 0 Å². The fourth-order valence-corrected chi connectivity index (χ4v) is 2.85. The molecule has 1 amide bonds. The van der Waals surface area contributed by atoms with Crippen LogP contribution < -0.4 is 10.9 Å². The first-order chi connectivity index (χ1) is 13.0. The summed E-state index contributed by atoms with van der Waals surface area (Å²) >= 11 is 0. The quantitative estimate of drug-likeness (QED) is 0.426. The van der Waals surface area contributed by atoms with Crippen LogP contribution in [0.3, 0.4) is 0 Å². The summed E-state index contributed by atoms with van der Waals surface area (Å²) in [7, 11) is 0. The van der Waals surface area contributed by atoms with Gasteiger partial charge in [-0.15, -0.1) is 0 Å². The normalized spacial score (nSPS) is 11.0. The van der Waals surface area contributed by atoms with Crippen molar-refractivity contribution in [2.24, 2.45) is 0 Å². The lowest BCUT2D eigenvalue weighted by molar-refractivity contribution is -0.384. The van der Waals surface area contributed by atoms with Gasteiger partial charge in [0.2, 0.25) is 5.91 Å². The zero-order valence-electron chi connectivity index (χ0n) is 13.9. The third-order valence-corrected chi connectivity index (χ3v) is 4.17. The van der Waals surface area contributed by atoms with Crippen LogP contribution in [0.15, 0.2) is 59.8 Å². The third kappa shape index (κ3) is 3.13. The predicted molar refractivity (Wildman–Crippen MR) is 99.6 cm³/mol. The second kappa shape index (κ2) is 6.37. The number of nitro benzene ring substituents is 1. The second-order valence-electron chi connectivity index (χ2n) is 5.96. The molecule has 2 aromatic heterocycles. The number of H-pyrrole nitrogens is 1. The van der Waals surface area contributed by atoms with Crippen molar-refractivity contribution in [2.45, 2.75) is 6.54 Å². The lowest BCUT2D eigenvalue weighted by Crippen LogP contribution is -2.27. The number of non-ortho nitro benzene ring substituents is 1. The monoisotopic (exact) mass is 363 g/mol. The number of aromatic amines is 1. The number of aromatic nitrogens is 3. The van der Waals surface area contributed by atoms with Crippen LogP contribution in [0, 0.1) is 10.1 Å². The Hall–Kier alpha value is -4.01. The number of carbonyl (C=O) groups excluding carboxylic acids is 1. The molecule has 4 rings (SSSR count). The van der Waals surface area contributed by atoms with Crippen LogP contribution >= 0.6 is 0 Å². The lowest BCUT2D eigenvalue weighted by atomic mass is 10.2. The molecule has 0 radical (unpaired) electrons. The second-order valence-corrected chi connectivity index (χ2v) is 5.96. The number of nitrogens with one attached hydrogen (secondary N) is 2. The molecule has 2 heterocycles. The highest BCUT2D eigenvalue weighted by Gasteiger charge is 2.12. The molecule has 0 aliphatic heterocycles. The van der Waals surface area contributed by atoms with Crippen molar-refractivity contribution < 1.29 is 9.72 Å². The Morgan fingerprint density at radius 2 is 2.07 bits per heavy atom. The van der Waals surface area contributed by atoms with E-state index < -0.39 is 16.4 Å². The maximum atomic E-state index is 12.5. The van der Waals surface area contributed by atoms with E-state index in [1.165, 1.54) is 18.5 Å². The zero-order chi connectivity index (χ0) is 19.0. The van der Waals surface area contributed by atoms with Crippen LogP contribution in [0.25, 0.3) is 21.8 Å². The van der Waals surface area contributed by atoms with Crippen molar-refractivity contribution in [3.8, 4) is 0 Å². The van der Waals surface area contributed by atoms with Crippen molar-refractivity contribution in [1.29, 1.82) is 0 Å². The van der Waals surface area contributed by atoms with Gasteiger partial charge in [-0.25, -0.2) is 4.98 Å². The van der Waals surface area contributed by atoms with Crippen LogP contribution in [0.4, 0.5) is 11.4 Å². The predicted octanol–water partition coefficient (Wildman–Crippen LogP) is 2.42. The molecule has 0 spiro atoms. The van der Waals surface area contributed by atoms with Gasteiger partial charge in [0.15, 0.2) is 0 Å². The van der Waals surface area contributed by atoms with Gasteiger partial charge in [0.05, 0.1) is 22.2 Å². The van der Waals surface area contributed by atoms with Crippen molar-refractivity contribution in [3.05, 3.63) is 75.5 Å². The summed E-state index contributed by atoms with van der Waals surface area (Å²) in [4.78, 5) is 42.3. The van der Waals surface area contributed by atoms with Gasteiger partial charge in [-0.1, -0.05) is 6.07 Å². The van der Waals surface area contributed by atoms with E-state index in [1.807, 2.05) is 12.1 Å². The number of carbonyl (C=O) groups is 1. The van der Waals surface area contributed by atoms with E-state index in [4.69, 9.17) is 0 Å². The van der Waals surface area contributed by atoms with Gasteiger partial charge in [-0.2, -0.15) is 0 Å².